The topological polar surface area (TPSA) is 76.8 Å². The number of rotatable bonds is 4. The van der Waals surface area contributed by atoms with E-state index in [1.807, 2.05) is 0 Å². The maximum absolute atomic E-state index is 13.2. The predicted octanol–water partition coefficient (Wildman–Crippen LogP) is 4.30. The third kappa shape index (κ3) is 5.16. The standard InChI is InChI=1S/C21H16F6N6O/c1-4-6-16-30-17(33(31-16)19-28-7-5-8-29-19)12(2)32(3)18(34)13-9-14(20(22,23)24)11-15(10-13)21(25,26)27/h5,7-12H,1-3H3. The molecule has 13 heteroatoms. The maximum atomic E-state index is 13.2. The Balaban J connectivity index is 2.05. The third-order valence-electron chi connectivity index (χ3n) is 4.72. The van der Waals surface area contributed by atoms with E-state index in [0.29, 0.717) is 12.1 Å². The molecule has 0 spiro atoms. The molecular formula is C21H16F6N6O. The van der Waals surface area contributed by atoms with E-state index in [0.717, 1.165) is 4.90 Å². The summed E-state index contributed by atoms with van der Waals surface area (Å²) in [5.74, 6) is 4.41. The van der Waals surface area contributed by atoms with Gasteiger partial charge in [0.2, 0.25) is 5.82 Å². The maximum Gasteiger partial charge on any atom is 0.416 e. The van der Waals surface area contributed by atoms with Gasteiger partial charge in [0.25, 0.3) is 11.9 Å². The summed E-state index contributed by atoms with van der Waals surface area (Å²) in [4.78, 5) is 26.3. The second-order valence-electron chi connectivity index (χ2n) is 7.02. The van der Waals surface area contributed by atoms with Gasteiger partial charge >= 0.3 is 12.4 Å². The molecule has 0 saturated carbocycles. The number of hydrogen-bond acceptors (Lipinski definition) is 5. The number of amides is 1. The molecular weight excluding hydrogens is 466 g/mol. The van der Waals surface area contributed by atoms with Crippen molar-refractivity contribution in [3.8, 4) is 17.8 Å². The van der Waals surface area contributed by atoms with Crippen molar-refractivity contribution in [2.24, 2.45) is 0 Å². The van der Waals surface area contributed by atoms with Crippen molar-refractivity contribution >= 4 is 5.91 Å². The Labute approximate surface area is 189 Å². The lowest BCUT2D eigenvalue weighted by Crippen LogP contribution is -2.32. The molecule has 1 aromatic carbocycles. The minimum atomic E-state index is -5.08. The van der Waals surface area contributed by atoms with Crippen LogP contribution in [0, 0.1) is 11.8 Å². The molecule has 1 unspecified atom stereocenters. The Morgan fingerprint density at radius 2 is 1.59 bits per heavy atom. The molecule has 7 nitrogen and oxygen atoms in total. The summed E-state index contributed by atoms with van der Waals surface area (Å²) >= 11 is 0. The Hall–Kier alpha value is -3.95. The summed E-state index contributed by atoms with van der Waals surface area (Å²) in [7, 11) is 1.22. The van der Waals surface area contributed by atoms with Gasteiger partial charge in [0.15, 0.2) is 5.82 Å². The molecule has 178 valence electrons. The summed E-state index contributed by atoms with van der Waals surface area (Å²) in [5, 5.41) is 4.17. The van der Waals surface area contributed by atoms with E-state index in [9.17, 15) is 31.1 Å². The fourth-order valence-electron chi connectivity index (χ4n) is 2.94. The molecule has 0 aliphatic rings. The Morgan fingerprint density at radius 1 is 1.03 bits per heavy atom. The molecule has 1 atom stereocenters. The highest BCUT2D eigenvalue weighted by molar-refractivity contribution is 5.94. The number of benzene rings is 1. The van der Waals surface area contributed by atoms with Gasteiger partial charge in [-0.05, 0) is 44.0 Å². The molecule has 0 fully saturated rings. The minimum Gasteiger partial charge on any atom is -0.332 e. The molecule has 0 saturated heterocycles. The van der Waals surface area contributed by atoms with Crippen molar-refractivity contribution in [2.45, 2.75) is 32.2 Å². The lowest BCUT2D eigenvalue weighted by Gasteiger charge is -2.25. The van der Waals surface area contributed by atoms with E-state index in [-0.39, 0.29) is 23.7 Å². The molecule has 3 aromatic rings. The number of nitrogens with zero attached hydrogens (tertiary/aromatic N) is 6. The second-order valence-corrected chi connectivity index (χ2v) is 7.02. The van der Waals surface area contributed by atoms with Crippen LogP contribution in [-0.4, -0.2) is 42.6 Å². The van der Waals surface area contributed by atoms with Crippen LogP contribution in [0.15, 0.2) is 36.7 Å². The van der Waals surface area contributed by atoms with Crippen LogP contribution in [0.3, 0.4) is 0 Å². The molecule has 2 heterocycles. The minimum absolute atomic E-state index is 0.0424. The highest BCUT2D eigenvalue weighted by Crippen LogP contribution is 2.37. The fourth-order valence-corrected chi connectivity index (χ4v) is 2.94. The monoisotopic (exact) mass is 482 g/mol. The summed E-state index contributed by atoms with van der Waals surface area (Å²) in [5.41, 5.74) is -3.96. The number of carbonyl (C=O) groups is 1. The first-order chi connectivity index (χ1) is 15.8. The molecule has 0 aliphatic carbocycles. The van der Waals surface area contributed by atoms with E-state index >= 15 is 0 Å². The second kappa shape index (κ2) is 9.12. The molecule has 2 aromatic heterocycles. The Morgan fingerprint density at radius 3 is 2.09 bits per heavy atom. The number of halogens is 6. The lowest BCUT2D eigenvalue weighted by atomic mass is 10.0. The van der Waals surface area contributed by atoms with Crippen LogP contribution in [-0.2, 0) is 12.4 Å². The molecule has 0 N–H and O–H groups in total. The van der Waals surface area contributed by atoms with Gasteiger partial charge in [0.1, 0.15) is 0 Å². The largest absolute Gasteiger partial charge is 0.416 e. The first-order valence-corrected chi connectivity index (χ1v) is 9.56. The highest BCUT2D eigenvalue weighted by atomic mass is 19.4. The normalized spacial score (nSPS) is 12.6. The van der Waals surface area contributed by atoms with Gasteiger partial charge in [-0.25, -0.2) is 15.0 Å². The van der Waals surface area contributed by atoms with E-state index in [1.165, 1.54) is 31.0 Å². The van der Waals surface area contributed by atoms with Crippen LogP contribution in [0.25, 0.3) is 5.95 Å². The number of carbonyl (C=O) groups excluding carboxylic acids is 1. The average molecular weight is 482 g/mol. The van der Waals surface area contributed by atoms with Gasteiger partial charge < -0.3 is 4.90 Å². The van der Waals surface area contributed by atoms with Gasteiger partial charge in [0.05, 0.1) is 17.2 Å². The number of alkyl halides is 6. The zero-order chi connectivity index (χ0) is 25.3. The van der Waals surface area contributed by atoms with Crippen LogP contribution < -0.4 is 0 Å². The lowest BCUT2D eigenvalue weighted by molar-refractivity contribution is -0.143. The molecule has 3 rings (SSSR count). The highest BCUT2D eigenvalue weighted by Gasteiger charge is 2.38. The predicted molar refractivity (Wildman–Crippen MR) is 106 cm³/mol. The van der Waals surface area contributed by atoms with Crippen LogP contribution in [0.5, 0.6) is 0 Å². The quantitative estimate of drug-likeness (QED) is 0.410. The Kier molecular flexibility index (Phi) is 6.63. The molecule has 0 aliphatic heterocycles. The van der Waals surface area contributed by atoms with Crippen molar-refractivity contribution < 1.29 is 31.1 Å². The van der Waals surface area contributed by atoms with E-state index in [2.05, 4.69) is 31.9 Å². The molecule has 0 bridgehead atoms. The third-order valence-corrected chi connectivity index (χ3v) is 4.72. The number of hydrogen-bond donors (Lipinski definition) is 0. The molecule has 34 heavy (non-hydrogen) atoms. The summed E-state index contributed by atoms with van der Waals surface area (Å²) in [6.07, 6.45) is -7.31. The zero-order valence-electron chi connectivity index (χ0n) is 17.9. The van der Waals surface area contributed by atoms with Crippen molar-refractivity contribution in [3.63, 3.8) is 0 Å². The summed E-state index contributed by atoms with van der Waals surface area (Å²) < 4.78 is 80.4. The molecule has 0 radical (unpaired) electrons. The summed E-state index contributed by atoms with van der Waals surface area (Å²) in [6, 6.07) is 1.30. The van der Waals surface area contributed by atoms with Gasteiger partial charge in [0, 0.05) is 25.0 Å². The van der Waals surface area contributed by atoms with Crippen LogP contribution in [0.2, 0.25) is 0 Å². The van der Waals surface area contributed by atoms with E-state index in [4.69, 9.17) is 0 Å². The van der Waals surface area contributed by atoms with Crippen molar-refractivity contribution in [3.05, 3.63) is 65.0 Å². The van der Waals surface area contributed by atoms with Crippen LogP contribution in [0.1, 0.15) is 53.0 Å². The van der Waals surface area contributed by atoms with Gasteiger partial charge in [-0.1, -0.05) is 5.92 Å². The smallest absolute Gasteiger partial charge is 0.332 e. The first-order valence-electron chi connectivity index (χ1n) is 9.56. The van der Waals surface area contributed by atoms with Crippen molar-refractivity contribution in [2.75, 3.05) is 7.05 Å². The number of aromatic nitrogens is 5. The van der Waals surface area contributed by atoms with Crippen molar-refractivity contribution in [1.29, 1.82) is 0 Å². The van der Waals surface area contributed by atoms with Gasteiger partial charge in [-0.15, -0.1) is 5.10 Å². The fraction of sp³-hybridized carbons (Fsp3) is 0.286. The van der Waals surface area contributed by atoms with E-state index < -0.39 is 41.0 Å². The van der Waals surface area contributed by atoms with Gasteiger partial charge in [-0.2, -0.15) is 31.0 Å². The Bertz CT molecular complexity index is 1220. The summed E-state index contributed by atoms with van der Waals surface area (Å²) in [6.45, 7) is 3.02. The van der Waals surface area contributed by atoms with Crippen LogP contribution in [0.4, 0.5) is 26.3 Å². The SMILES string of the molecule is CC#Cc1nc(C(C)N(C)C(=O)c2cc(C(F)(F)F)cc(C(F)(F)F)c2)n(-c2ncccn2)n1. The van der Waals surface area contributed by atoms with Crippen LogP contribution >= 0.6 is 0 Å². The molecule has 1 amide bonds. The van der Waals surface area contributed by atoms with Crippen molar-refractivity contribution in [1.82, 2.24) is 29.6 Å². The first kappa shape index (κ1) is 24.7. The zero-order valence-corrected chi connectivity index (χ0v) is 17.9. The average Bonchev–Trinajstić information content (AvgIpc) is 3.21. The van der Waals surface area contributed by atoms with Gasteiger partial charge in [-0.3, -0.25) is 4.79 Å². The van der Waals surface area contributed by atoms with E-state index in [1.54, 1.807) is 13.0 Å².